The molecule has 0 saturated heterocycles. The first-order valence-electron chi connectivity index (χ1n) is 6.83. The lowest BCUT2D eigenvalue weighted by atomic mass is 10.1. The van der Waals surface area contributed by atoms with E-state index >= 15 is 0 Å². The highest BCUT2D eigenvalue weighted by Crippen LogP contribution is 2.14. The first kappa shape index (κ1) is 15.5. The predicted molar refractivity (Wildman–Crippen MR) is 87.2 cm³/mol. The summed E-state index contributed by atoms with van der Waals surface area (Å²) in [6.45, 7) is 5.23. The molecular formula is C16H20FN3S. The molecule has 0 aliphatic rings. The number of aliphatic imine (C=N–C) groups is 1. The van der Waals surface area contributed by atoms with Gasteiger partial charge in [-0.1, -0.05) is 12.1 Å². The van der Waals surface area contributed by atoms with Crippen molar-refractivity contribution in [3.8, 4) is 0 Å². The molecule has 0 atom stereocenters. The van der Waals surface area contributed by atoms with Crippen LogP contribution in [0, 0.1) is 19.7 Å². The Kier molecular flexibility index (Phi) is 5.33. The van der Waals surface area contributed by atoms with Gasteiger partial charge in [-0.2, -0.15) is 0 Å². The predicted octanol–water partition coefficient (Wildman–Crippen LogP) is 3.37. The molecule has 3 nitrogen and oxygen atoms in total. The molecule has 0 fully saturated rings. The highest BCUT2D eigenvalue weighted by atomic mass is 32.1. The van der Waals surface area contributed by atoms with Crippen molar-refractivity contribution in [3.05, 3.63) is 57.0 Å². The Morgan fingerprint density at radius 2 is 1.90 bits per heavy atom. The maximum absolute atomic E-state index is 13.2. The fourth-order valence-corrected chi connectivity index (χ4v) is 2.80. The molecule has 2 rings (SSSR count). The number of guanidine groups is 1. The van der Waals surface area contributed by atoms with Gasteiger partial charge >= 0.3 is 0 Å². The molecule has 0 spiro atoms. The highest BCUT2D eigenvalue weighted by molar-refractivity contribution is 7.11. The van der Waals surface area contributed by atoms with E-state index in [4.69, 9.17) is 0 Å². The molecule has 0 bridgehead atoms. The van der Waals surface area contributed by atoms with Crippen molar-refractivity contribution in [2.75, 3.05) is 7.05 Å². The molecule has 0 aliphatic heterocycles. The van der Waals surface area contributed by atoms with Crippen LogP contribution < -0.4 is 10.6 Å². The first-order chi connectivity index (χ1) is 10.1. The van der Waals surface area contributed by atoms with Crippen LogP contribution in [0.3, 0.4) is 0 Å². The molecule has 1 aromatic heterocycles. The van der Waals surface area contributed by atoms with Gasteiger partial charge < -0.3 is 10.6 Å². The largest absolute Gasteiger partial charge is 0.352 e. The summed E-state index contributed by atoms with van der Waals surface area (Å²) in [7, 11) is 1.74. The van der Waals surface area contributed by atoms with Gasteiger partial charge in [-0.3, -0.25) is 4.99 Å². The average molecular weight is 305 g/mol. The van der Waals surface area contributed by atoms with Gasteiger partial charge in [0, 0.05) is 23.3 Å². The molecule has 2 N–H and O–H groups in total. The summed E-state index contributed by atoms with van der Waals surface area (Å²) < 4.78 is 13.2. The van der Waals surface area contributed by atoms with Gasteiger partial charge in [-0.25, -0.2) is 4.39 Å². The van der Waals surface area contributed by atoms with Crippen LogP contribution in [-0.2, 0) is 13.1 Å². The van der Waals surface area contributed by atoms with E-state index in [1.165, 1.54) is 15.8 Å². The molecule has 0 saturated carbocycles. The van der Waals surface area contributed by atoms with Gasteiger partial charge in [-0.05, 0) is 43.2 Å². The Balaban J connectivity index is 1.86. The lowest BCUT2D eigenvalue weighted by molar-refractivity contribution is 0.617. The van der Waals surface area contributed by atoms with Gasteiger partial charge in [0.25, 0.3) is 0 Å². The number of halogens is 1. The maximum atomic E-state index is 13.2. The molecule has 0 unspecified atom stereocenters. The van der Waals surface area contributed by atoms with Crippen LogP contribution >= 0.6 is 11.3 Å². The van der Waals surface area contributed by atoms with E-state index < -0.39 is 0 Å². The Hall–Kier alpha value is -1.88. The van der Waals surface area contributed by atoms with Crippen LogP contribution in [0.1, 0.15) is 20.9 Å². The monoisotopic (exact) mass is 305 g/mol. The number of thiophene rings is 1. The molecule has 0 radical (unpaired) electrons. The molecule has 0 amide bonds. The minimum absolute atomic E-state index is 0.172. The SMILES string of the molecule is CN=C(NCc1ccc(F)c(C)c1)NCc1ccc(C)s1. The van der Waals surface area contributed by atoms with E-state index in [0.717, 1.165) is 18.1 Å². The third kappa shape index (κ3) is 4.56. The standard InChI is InChI=1S/C16H20FN3S/c1-11-8-13(5-7-15(11)17)9-19-16(18-3)20-10-14-6-4-12(2)21-14/h4-8H,9-10H2,1-3H3,(H2,18,19,20). The average Bonchev–Trinajstić information content (AvgIpc) is 2.88. The van der Waals surface area contributed by atoms with Crippen molar-refractivity contribution in [1.29, 1.82) is 0 Å². The number of rotatable bonds is 4. The normalized spacial score (nSPS) is 11.5. The second kappa shape index (κ2) is 7.22. The lowest BCUT2D eigenvalue weighted by Gasteiger charge is -2.11. The smallest absolute Gasteiger partial charge is 0.191 e. The molecule has 0 aliphatic carbocycles. The topological polar surface area (TPSA) is 36.4 Å². The van der Waals surface area contributed by atoms with Crippen molar-refractivity contribution < 1.29 is 4.39 Å². The molecule has 112 valence electrons. The van der Waals surface area contributed by atoms with E-state index in [2.05, 4.69) is 34.7 Å². The summed E-state index contributed by atoms with van der Waals surface area (Å²) in [4.78, 5) is 6.76. The van der Waals surface area contributed by atoms with Crippen LogP contribution in [0.25, 0.3) is 0 Å². The van der Waals surface area contributed by atoms with Crippen LogP contribution in [0.5, 0.6) is 0 Å². The minimum Gasteiger partial charge on any atom is -0.352 e. The Bertz CT molecular complexity index is 634. The zero-order valence-electron chi connectivity index (χ0n) is 12.5. The third-order valence-corrected chi connectivity index (χ3v) is 4.13. The van der Waals surface area contributed by atoms with E-state index in [1.54, 1.807) is 31.4 Å². The fourth-order valence-electron chi connectivity index (χ4n) is 1.97. The molecule has 2 aromatic rings. The number of benzene rings is 1. The van der Waals surface area contributed by atoms with Crippen molar-refractivity contribution in [1.82, 2.24) is 10.6 Å². The maximum Gasteiger partial charge on any atom is 0.191 e. The van der Waals surface area contributed by atoms with Crippen LogP contribution in [0.15, 0.2) is 35.3 Å². The van der Waals surface area contributed by atoms with Crippen molar-refractivity contribution in [2.45, 2.75) is 26.9 Å². The Labute approximate surface area is 128 Å². The zero-order valence-corrected chi connectivity index (χ0v) is 13.4. The van der Waals surface area contributed by atoms with Gasteiger partial charge in [-0.15, -0.1) is 11.3 Å². The second-order valence-corrected chi connectivity index (χ2v) is 6.25. The van der Waals surface area contributed by atoms with E-state index in [0.29, 0.717) is 12.1 Å². The Morgan fingerprint density at radius 3 is 2.52 bits per heavy atom. The molecular weight excluding hydrogens is 285 g/mol. The van der Waals surface area contributed by atoms with Crippen molar-refractivity contribution >= 4 is 17.3 Å². The summed E-state index contributed by atoms with van der Waals surface area (Å²) in [5.41, 5.74) is 1.69. The van der Waals surface area contributed by atoms with Gasteiger partial charge in [0.1, 0.15) is 5.82 Å². The summed E-state index contributed by atoms with van der Waals surface area (Å²) in [6.07, 6.45) is 0. The molecule has 21 heavy (non-hydrogen) atoms. The Morgan fingerprint density at radius 1 is 1.14 bits per heavy atom. The fraction of sp³-hybridized carbons (Fsp3) is 0.312. The summed E-state index contributed by atoms with van der Waals surface area (Å²) in [5.74, 6) is 0.567. The van der Waals surface area contributed by atoms with Crippen LogP contribution in [0.2, 0.25) is 0 Å². The van der Waals surface area contributed by atoms with Gasteiger partial charge in [0.2, 0.25) is 0 Å². The second-order valence-electron chi connectivity index (χ2n) is 4.88. The summed E-state index contributed by atoms with van der Waals surface area (Å²) in [5, 5.41) is 6.50. The van der Waals surface area contributed by atoms with E-state index in [9.17, 15) is 4.39 Å². The molecule has 5 heteroatoms. The van der Waals surface area contributed by atoms with Gasteiger partial charge in [0.15, 0.2) is 5.96 Å². The highest BCUT2D eigenvalue weighted by Gasteiger charge is 2.02. The summed E-state index contributed by atoms with van der Waals surface area (Å²) >= 11 is 1.77. The first-order valence-corrected chi connectivity index (χ1v) is 7.65. The number of hydrogen-bond donors (Lipinski definition) is 2. The van der Waals surface area contributed by atoms with Crippen molar-refractivity contribution in [3.63, 3.8) is 0 Å². The number of nitrogens with one attached hydrogen (secondary N) is 2. The zero-order chi connectivity index (χ0) is 15.2. The number of hydrogen-bond acceptors (Lipinski definition) is 2. The van der Waals surface area contributed by atoms with Gasteiger partial charge in [0.05, 0.1) is 6.54 Å². The third-order valence-electron chi connectivity index (χ3n) is 3.13. The quantitative estimate of drug-likeness (QED) is 0.671. The van der Waals surface area contributed by atoms with Crippen LogP contribution in [0.4, 0.5) is 4.39 Å². The van der Waals surface area contributed by atoms with Crippen LogP contribution in [-0.4, -0.2) is 13.0 Å². The van der Waals surface area contributed by atoms with E-state index in [-0.39, 0.29) is 5.82 Å². The number of nitrogens with zero attached hydrogens (tertiary/aromatic N) is 1. The molecule has 1 heterocycles. The summed E-state index contributed by atoms with van der Waals surface area (Å²) in [6, 6.07) is 9.35. The van der Waals surface area contributed by atoms with E-state index in [1.807, 2.05) is 6.07 Å². The van der Waals surface area contributed by atoms with Crippen molar-refractivity contribution in [2.24, 2.45) is 4.99 Å². The lowest BCUT2D eigenvalue weighted by Crippen LogP contribution is -2.36. The minimum atomic E-state index is -0.172. The number of aryl methyl sites for hydroxylation is 2. The molecule has 1 aromatic carbocycles.